The molecule has 4 heterocycles. The van der Waals surface area contributed by atoms with Gasteiger partial charge in [-0.15, -0.1) is 0 Å². The highest BCUT2D eigenvalue weighted by Gasteiger charge is 2.44. The van der Waals surface area contributed by atoms with Crippen LogP contribution in [-0.2, 0) is 37.0 Å². The lowest BCUT2D eigenvalue weighted by atomic mass is 10.0. The predicted molar refractivity (Wildman–Crippen MR) is 131 cm³/mol. The summed E-state index contributed by atoms with van der Waals surface area (Å²) in [5.41, 5.74) is 2.35. The van der Waals surface area contributed by atoms with Crippen molar-refractivity contribution in [3.63, 3.8) is 0 Å². The van der Waals surface area contributed by atoms with Crippen LogP contribution < -0.4 is 0 Å². The summed E-state index contributed by atoms with van der Waals surface area (Å²) < 4.78 is 107. The fourth-order valence-corrected chi connectivity index (χ4v) is 3.75. The molecular weight excluding hydrogens is 641 g/mol. The minimum atomic E-state index is -5.08. The van der Waals surface area contributed by atoms with Crippen molar-refractivity contribution in [1.29, 1.82) is 0 Å². The number of carbonyl (C=O) groups is 3. The Morgan fingerprint density at radius 2 is 1.27 bits per heavy atom. The monoisotopic (exact) mass is 667 g/mol. The minimum Gasteiger partial charge on any atom is -0.475 e. The second kappa shape index (κ2) is 17.4. The van der Waals surface area contributed by atoms with Crippen molar-refractivity contribution in [2.75, 3.05) is 13.2 Å². The van der Waals surface area contributed by atoms with Crippen LogP contribution in [-0.4, -0.2) is 98.0 Å². The molecule has 45 heavy (non-hydrogen) atoms. The highest BCUT2D eigenvalue weighted by atomic mass is 19.4. The van der Waals surface area contributed by atoms with Gasteiger partial charge < -0.3 is 24.8 Å². The molecule has 3 N–H and O–H groups in total. The lowest BCUT2D eigenvalue weighted by Gasteiger charge is -2.32. The van der Waals surface area contributed by atoms with Gasteiger partial charge in [0.05, 0.1) is 12.7 Å². The minimum absolute atomic E-state index is 0.118. The van der Waals surface area contributed by atoms with Crippen LogP contribution in [0.2, 0.25) is 0 Å². The summed E-state index contributed by atoms with van der Waals surface area (Å²) in [4.78, 5) is 37.6. The van der Waals surface area contributed by atoms with E-state index in [9.17, 15) is 39.5 Å². The number of likely N-dealkylation sites (tertiary alicyclic amines) is 1. The molecule has 0 unspecified atom stereocenters. The molecule has 0 bridgehead atoms. The quantitative estimate of drug-likeness (QED) is 0.390. The molecule has 2 aliphatic rings. The van der Waals surface area contributed by atoms with E-state index in [1.54, 1.807) is 6.20 Å². The van der Waals surface area contributed by atoms with Crippen LogP contribution in [0.25, 0.3) is 0 Å². The first-order chi connectivity index (χ1) is 20.7. The molecule has 2 aromatic heterocycles. The van der Waals surface area contributed by atoms with Crippen LogP contribution in [0.4, 0.5) is 39.5 Å². The van der Waals surface area contributed by atoms with E-state index in [2.05, 4.69) is 27.0 Å². The first-order valence-electron chi connectivity index (χ1n) is 12.4. The summed E-state index contributed by atoms with van der Waals surface area (Å²) in [6, 6.07) is 8.57. The van der Waals surface area contributed by atoms with Gasteiger partial charge in [-0.1, -0.05) is 12.1 Å². The van der Waals surface area contributed by atoms with Crippen molar-refractivity contribution in [1.82, 2.24) is 14.9 Å². The summed E-state index contributed by atoms with van der Waals surface area (Å²) >= 11 is 0. The Balaban J connectivity index is 0.000000396. The summed E-state index contributed by atoms with van der Waals surface area (Å²) in [7, 11) is 0. The molecule has 4 rings (SSSR count). The van der Waals surface area contributed by atoms with Gasteiger partial charge in [-0.25, -0.2) is 14.4 Å². The number of aliphatic carboxylic acids is 3. The molecule has 0 amide bonds. The number of carboxylic acids is 3. The maximum atomic E-state index is 10.6. The van der Waals surface area contributed by atoms with Crippen molar-refractivity contribution >= 4 is 17.9 Å². The van der Waals surface area contributed by atoms with Crippen molar-refractivity contribution in [2.24, 2.45) is 0 Å². The summed E-state index contributed by atoms with van der Waals surface area (Å²) in [5.74, 6) is -8.27. The Bertz CT molecular complexity index is 1140. The summed E-state index contributed by atoms with van der Waals surface area (Å²) in [6.07, 6.45) is -5.24. The van der Waals surface area contributed by atoms with Crippen LogP contribution in [0.15, 0.2) is 49.1 Å². The molecule has 0 spiro atoms. The number of pyridine rings is 2. The number of ether oxygens (including phenoxy) is 2. The molecule has 252 valence electrons. The number of rotatable bonds is 5. The fourth-order valence-electron chi connectivity index (χ4n) is 3.75. The molecule has 0 saturated carbocycles. The largest absolute Gasteiger partial charge is 0.490 e. The lowest BCUT2D eigenvalue weighted by molar-refractivity contribution is -0.193. The zero-order valence-electron chi connectivity index (χ0n) is 22.7. The van der Waals surface area contributed by atoms with Crippen LogP contribution in [0, 0.1) is 0 Å². The van der Waals surface area contributed by atoms with Gasteiger partial charge in [0.1, 0.15) is 6.10 Å². The van der Waals surface area contributed by atoms with Gasteiger partial charge in [-0.05, 0) is 36.1 Å². The number of nitrogens with zero attached hydrogens (tertiary/aromatic N) is 3. The van der Waals surface area contributed by atoms with Gasteiger partial charge in [0.2, 0.25) is 0 Å². The van der Waals surface area contributed by atoms with E-state index >= 15 is 0 Å². The second-order valence-corrected chi connectivity index (χ2v) is 8.96. The molecule has 2 saturated heterocycles. The normalized spacial score (nSPS) is 19.7. The fraction of sp³-hybridized carbons (Fsp3) is 0.480. The third-order valence-corrected chi connectivity index (χ3v) is 5.61. The van der Waals surface area contributed by atoms with Gasteiger partial charge in [0, 0.05) is 50.5 Å². The van der Waals surface area contributed by atoms with E-state index in [-0.39, 0.29) is 12.2 Å². The topological polar surface area (TPSA) is 159 Å². The highest BCUT2D eigenvalue weighted by Crippen LogP contribution is 2.32. The van der Waals surface area contributed by atoms with Crippen LogP contribution in [0.5, 0.6) is 0 Å². The molecule has 0 radical (unpaired) electrons. The van der Waals surface area contributed by atoms with Crippen molar-refractivity contribution in [3.8, 4) is 0 Å². The SMILES string of the molecule is O=C(O)C(F)(F)F.O=C(O)C(F)(F)F.O=C(O)C(F)(F)F.c1cncc(CO[C@@H]2CN(Cc3cccnc3)[C@H]3CCCO[C@H]23)c1. The zero-order chi connectivity index (χ0) is 34.4. The Hall–Kier alpha value is -4.04. The Morgan fingerprint density at radius 3 is 1.67 bits per heavy atom. The number of aromatic nitrogens is 2. The third-order valence-electron chi connectivity index (χ3n) is 5.61. The third kappa shape index (κ3) is 15.0. The standard InChI is InChI=1S/C19H23N3O2.3C2HF3O2/c1-4-15(10-20-7-1)12-22-13-18(19-17(22)6-3-9-23-19)24-14-16-5-2-8-21-11-16;3*3-2(4,5)1(6)7/h1-2,4-5,7-8,10-11,17-19H,3,6,9,12-14H2;3*(H,6,7)/t17-,18+,19-;;;/m0.../s1. The molecule has 2 aliphatic heterocycles. The number of carboxylic acid groups (broad SMARTS) is 3. The summed E-state index contributed by atoms with van der Waals surface area (Å²) in [6.45, 7) is 3.25. The van der Waals surface area contributed by atoms with E-state index in [1.807, 2.05) is 30.7 Å². The number of halogens is 9. The van der Waals surface area contributed by atoms with E-state index in [0.717, 1.165) is 31.7 Å². The Kier molecular flexibility index (Phi) is 15.1. The maximum absolute atomic E-state index is 10.6. The molecule has 11 nitrogen and oxygen atoms in total. The van der Waals surface area contributed by atoms with E-state index in [0.29, 0.717) is 12.6 Å². The Morgan fingerprint density at radius 1 is 0.822 bits per heavy atom. The van der Waals surface area contributed by atoms with Gasteiger partial charge >= 0.3 is 36.4 Å². The number of fused-ring (bicyclic) bond motifs is 1. The molecule has 3 atom stereocenters. The van der Waals surface area contributed by atoms with E-state index in [4.69, 9.17) is 39.2 Å². The Labute approximate surface area is 248 Å². The molecule has 0 aliphatic carbocycles. The van der Waals surface area contributed by atoms with Gasteiger partial charge in [0.25, 0.3) is 0 Å². The van der Waals surface area contributed by atoms with Crippen molar-refractivity contribution in [2.45, 2.75) is 62.8 Å². The van der Waals surface area contributed by atoms with Crippen LogP contribution >= 0.6 is 0 Å². The zero-order valence-corrected chi connectivity index (χ0v) is 22.7. The predicted octanol–water partition coefficient (Wildman–Crippen LogP) is 4.33. The smallest absolute Gasteiger partial charge is 0.475 e. The average molecular weight is 667 g/mol. The van der Waals surface area contributed by atoms with Crippen molar-refractivity contribution < 1.29 is 78.7 Å². The molecular formula is C25H26F9N3O8. The van der Waals surface area contributed by atoms with Gasteiger partial charge in [0.15, 0.2) is 0 Å². The molecule has 2 aromatic rings. The number of hydrogen-bond donors (Lipinski definition) is 3. The van der Waals surface area contributed by atoms with Crippen molar-refractivity contribution in [3.05, 3.63) is 60.2 Å². The number of alkyl halides is 9. The summed E-state index contributed by atoms with van der Waals surface area (Å²) in [5, 5.41) is 21.4. The second-order valence-electron chi connectivity index (χ2n) is 8.96. The molecule has 0 aromatic carbocycles. The van der Waals surface area contributed by atoms with E-state index in [1.165, 1.54) is 12.0 Å². The lowest BCUT2D eigenvalue weighted by Crippen LogP contribution is -2.41. The molecule has 20 heteroatoms. The highest BCUT2D eigenvalue weighted by molar-refractivity contribution is 5.73. The van der Waals surface area contributed by atoms with Crippen LogP contribution in [0.1, 0.15) is 24.0 Å². The average Bonchev–Trinajstić information content (AvgIpc) is 3.29. The molecule has 2 fully saturated rings. The first kappa shape index (κ1) is 39.0. The van der Waals surface area contributed by atoms with E-state index < -0.39 is 36.4 Å². The van der Waals surface area contributed by atoms with Gasteiger partial charge in [-0.2, -0.15) is 39.5 Å². The van der Waals surface area contributed by atoms with Crippen LogP contribution in [0.3, 0.4) is 0 Å². The number of hydrogen-bond acceptors (Lipinski definition) is 8. The van der Waals surface area contributed by atoms with Gasteiger partial charge in [-0.3, -0.25) is 14.9 Å². The first-order valence-corrected chi connectivity index (χ1v) is 12.4. The maximum Gasteiger partial charge on any atom is 0.490 e.